The van der Waals surface area contributed by atoms with Gasteiger partial charge in [0.15, 0.2) is 16.3 Å². The van der Waals surface area contributed by atoms with Gasteiger partial charge in [0.05, 0.1) is 50.3 Å². The Labute approximate surface area is 200 Å². The van der Waals surface area contributed by atoms with Crippen molar-refractivity contribution in [1.29, 1.82) is 0 Å². The molecule has 4 rings (SSSR count). The molecule has 0 N–H and O–H groups in total. The van der Waals surface area contributed by atoms with Gasteiger partial charge in [-0.05, 0) is 48.4 Å². The van der Waals surface area contributed by atoms with Crippen LogP contribution in [0.5, 0.6) is 17.2 Å². The number of fused-ring (bicyclic) bond motifs is 1. The van der Waals surface area contributed by atoms with Gasteiger partial charge in [0.25, 0.3) is 5.56 Å². The Hall–Kier alpha value is -3.85. The second-order valence-corrected chi connectivity index (χ2v) is 8.47. The van der Waals surface area contributed by atoms with Gasteiger partial charge in [-0.2, -0.15) is 0 Å². The molecule has 176 valence electrons. The zero-order chi connectivity index (χ0) is 24.4. The maximum absolute atomic E-state index is 13.6. The molecule has 2 aromatic carbocycles. The van der Waals surface area contributed by atoms with Crippen molar-refractivity contribution in [2.24, 2.45) is 4.99 Å². The van der Waals surface area contributed by atoms with Gasteiger partial charge in [-0.1, -0.05) is 29.5 Å². The second-order valence-electron chi connectivity index (χ2n) is 7.46. The average Bonchev–Trinajstić information content (AvgIpc) is 3.16. The molecule has 34 heavy (non-hydrogen) atoms. The first-order valence-electron chi connectivity index (χ1n) is 10.4. The second kappa shape index (κ2) is 9.56. The van der Waals surface area contributed by atoms with Crippen LogP contribution in [0.1, 0.15) is 24.1 Å². The zero-order valence-corrected chi connectivity index (χ0v) is 20.3. The van der Waals surface area contributed by atoms with Gasteiger partial charge in [-0.25, -0.2) is 9.79 Å². The molecule has 0 unspecified atom stereocenters. The summed E-state index contributed by atoms with van der Waals surface area (Å²) < 4.78 is 23.0. The number of rotatable bonds is 6. The van der Waals surface area contributed by atoms with E-state index in [0.717, 1.165) is 11.1 Å². The summed E-state index contributed by atoms with van der Waals surface area (Å²) in [6, 6.07) is 12.0. The monoisotopic (exact) mass is 480 g/mol. The van der Waals surface area contributed by atoms with Gasteiger partial charge in [-0.3, -0.25) is 9.36 Å². The van der Waals surface area contributed by atoms with Crippen molar-refractivity contribution in [3.05, 3.63) is 84.5 Å². The molecule has 2 heterocycles. The number of thiazole rings is 1. The number of ether oxygens (including phenoxy) is 4. The Morgan fingerprint density at radius 1 is 1.00 bits per heavy atom. The summed E-state index contributed by atoms with van der Waals surface area (Å²) in [4.78, 5) is 31.4. The fraction of sp³-hybridized carbons (Fsp3) is 0.240. The van der Waals surface area contributed by atoms with Crippen LogP contribution in [0.15, 0.2) is 63.5 Å². The maximum atomic E-state index is 13.6. The molecule has 0 fully saturated rings. The van der Waals surface area contributed by atoms with Crippen molar-refractivity contribution in [2.75, 3.05) is 28.4 Å². The highest BCUT2D eigenvalue weighted by atomic mass is 32.1. The highest BCUT2D eigenvalue weighted by Gasteiger charge is 2.33. The molecule has 0 spiro atoms. The Balaban J connectivity index is 1.92. The van der Waals surface area contributed by atoms with Crippen molar-refractivity contribution < 1.29 is 23.7 Å². The largest absolute Gasteiger partial charge is 0.497 e. The van der Waals surface area contributed by atoms with Crippen molar-refractivity contribution in [3.8, 4) is 17.2 Å². The van der Waals surface area contributed by atoms with Gasteiger partial charge in [-0.15, -0.1) is 0 Å². The summed E-state index contributed by atoms with van der Waals surface area (Å²) in [5, 5.41) is 0. The first-order chi connectivity index (χ1) is 16.4. The number of carbonyl (C=O) groups is 1. The summed E-state index contributed by atoms with van der Waals surface area (Å²) in [6.45, 7) is 1.74. The van der Waals surface area contributed by atoms with E-state index in [1.54, 1.807) is 58.6 Å². The Morgan fingerprint density at radius 3 is 2.32 bits per heavy atom. The summed E-state index contributed by atoms with van der Waals surface area (Å²) in [5.41, 5.74) is 2.08. The van der Waals surface area contributed by atoms with Crippen LogP contribution >= 0.6 is 11.3 Å². The summed E-state index contributed by atoms with van der Waals surface area (Å²) in [7, 11) is 6.02. The highest BCUT2D eigenvalue weighted by Crippen LogP contribution is 2.31. The lowest BCUT2D eigenvalue weighted by Crippen LogP contribution is -2.39. The minimum atomic E-state index is -0.679. The lowest BCUT2D eigenvalue weighted by atomic mass is 9.96. The van der Waals surface area contributed by atoms with Gasteiger partial charge in [0.1, 0.15) is 5.75 Å². The van der Waals surface area contributed by atoms with Crippen molar-refractivity contribution in [2.45, 2.75) is 13.0 Å². The number of nitrogens with zero attached hydrogens (tertiary/aromatic N) is 2. The minimum Gasteiger partial charge on any atom is -0.497 e. The number of hydrogen-bond acceptors (Lipinski definition) is 8. The molecule has 1 atom stereocenters. The van der Waals surface area contributed by atoms with Crippen LogP contribution in [0, 0.1) is 0 Å². The molecule has 3 aromatic rings. The predicted octanol–water partition coefficient (Wildman–Crippen LogP) is 2.43. The Kier molecular flexibility index (Phi) is 6.56. The third kappa shape index (κ3) is 4.10. The first-order valence-corrected chi connectivity index (χ1v) is 11.2. The van der Waals surface area contributed by atoms with E-state index in [9.17, 15) is 9.59 Å². The van der Waals surface area contributed by atoms with Crippen LogP contribution in [-0.2, 0) is 9.53 Å². The number of methoxy groups -OCH3 is 4. The van der Waals surface area contributed by atoms with Gasteiger partial charge in [0.2, 0.25) is 0 Å². The Bertz CT molecular complexity index is 1450. The normalized spacial score (nSPS) is 15.4. The van der Waals surface area contributed by atoms with E-state index in [1.807, 2.05) is 18.2 Å². The van der Waals surface area contributed by atoms with Gasteiger partial charge < -0.3 is 18.9 Å². The highest BCUT2D eigenvalue weighted by molar-refractivity contribution is 7.07. The van der Waals surface area contributed by atoms with Crippen LogP contribution in [0.25, 0.3) is 6.08 Å². The standard InChI is InChI=1S/C25H24N2O6S/c1-14-21(24(29)33-5)22(16-7-9-17(30-2)10-8-16)27-23(28)20(34-25(27)26-14)13-15-6-11-18(31-3)19(12-15)32-4/h6-13,22H,1-5H3/t22-/m1/s1. The molecule has 1 aliphatic heterocycles. The molecule has 0 radical (unpaired) electrons. The van der Waals surface area contributed by atoms with Crippen LogP contribution in [0.4, 0.5) is 0 Å². The summed E-state index contributed by atoms with van der Waals surface area (Å²) >= 11 is 1.26. The summed E-state index contributed by atoms with van der Waals surface area (Å²) in [5.74, 6) is 1.30. The molecule has 0 bridgehead atoms. The molecule has 1 aliphatic rings. The summed E-state index contributed by atoms with van der Waals surface area (Å²) in [6.07, 6.45) is 1.77. The van der Waals surface area contributed by atoms with E-state index in [1.165, 1.54) is 23.0 Å². The molecule has 0 saturated carbocycles. The fourth-order valence-electron chi connectivity index (χ4n) is 3.89. The smallest absolute Gasteiger partial charge is 0.338 e. The molecule has 0 amide bonds. The molecule has 9 heteroatoms. The zero-order valence-electron chi connectivity index (χ0n) is 19.4. The predicted molar refractivity (Wildman–Crippen MR) is 128 cm³/mol. The molecule has 0 aliphatic carbocycles. The van der Waals surface area contributed by atoms with E-state index < -0.39 is 12.0 Å². The number of carbonyl (C=O) groups excluding carboxylic acids is 1. The van der Waals surface area contributed by atoms with E-state index in [0.29, 0.717) is 37.9 Å². The number of allylic oxidation sites excluding steroid dienone is 1. The average molecular weight is 481 g/mol. The molecule has 0 saturated heterocycles. The number of benzene rings is 2. The fourth-order valence-corrected chi connectivity index (χ4v) is 4.93. The molecular formula is C25H24N2O6S. The quantitative estimate of drug-likeness (QED) is 0.504. The van der Waals surface area contributed by atoms with Crippen LogP contribution in [0.2, 0.25) is 0 Å². The topological polar surface area (TPSA) is 88.4 Å². The number of aromatic nitrogens is 1. The van der Waals surface area contributed by atoms with E-state index >= 15 is 0 Å². The third-order valence-corrected chi connectivity index (χ3v) is 6.55. The molecular weight excluding hydrogens is 456 g/mol. The van der Waals surface area contributed by atoms with Crippen molar-refractivity contribution in [1.82, 2.24) is 4.57 Å². The minimum absolute atomic E-state index is 0.256. The van der Waals surface area contributed by atoms with Crippen LogP contribution in [-0.4, -0.2) is 39.0 Å². The SMILES string of the molecule is COC(=O)C1=C(C)N=c2sc(=Cc3ccc(OC)c(OC)c3)c(=O)n2[C@@H]1c1ccc(OC)cc1. The lowest BCUT2D eigenvalue weighted by Gasteiger charge is -2.24. The molecule has 8 nitrogen and oxygen atoms in total. The van der Waals surface area contributed by atoms with Gasteiger partial charge in [0, 0.05) is 0 Å². The maximum Gasteiger partial charge on any atom is 0.338 e. The van der Waals surface area contributed by atoms with Crippen LogP contribution in [0.3, 0.4) is 0 Å². The van der Waals surface area contributed by atoms with Crippen molar-refractivity contribution >= 4 is 23.4 Å². The lowest BCUT2D eigenvalue weighted by molar-refractivity contribution is -0.136. The molecule has 1 aromatic heterocycles. The number of hydrogen-bond donors (Lipinski definition) is 0. The van der Waals surface area contributed by atoms with E-state index in [-0.39, 0.29) is 5.56 Å². The third-order valence-electron chi connectivity index (χ3n) is 5.56. The number of esters is 1. The first kappa shape index (κ1) is 23.3. The Morgan fingerprint density at radius 2 is 1.71 bits per heavy atom. The van der Waals surface area contributed by atoms with Crippen molar-refractivity contribution in [3.63, 3.8) is 0 Å². The van der Waals surface area contributed by atoms with E-state index in [2.05, 4.69) is 4.99 Å². The van der Waals surface area contributed by atoms with Gasteiger partial charge >= 0.3 is 5.97 Å². The van der Waals surface area contributed by atoms with E-state index in [4.69, 9.17) is 18.9 Å². The van der Waals surface area contributed by atoms with Crippen LogP contribution < -0.4 is 29.1 Å².